The Morgan fingerprint density at radius 2 is 2.00 bits per heavy atom. The van der Waals surface area contributed by atoms with Crippen LogP contribution in [0, 0.1) is 18.3 Å². The van der Waals surface area contributed by atoms with Crippen molar-refractivity contribution in [2.75, 3.05) is 31.6 Å². The van der Waals surface area contributed by atoms with Crippen molar-refractivity contribution >= 4 is 11.6 Å². The highest BCUT2D eigenvalue weighted by molar-refractivity contribution is 5.97. The number of piperidine rings is 1. The van der Waals surface area contributed by atoms with E-state index >= 15 is 4.39 Å². The molecule has 0 aliphatic carbocycles. The second-order valence-corrected chi connectivity index (χ2v) is 9.14. The molecule has 1 atom stereocenters. The predicted molar refractivity (Wildman–Crippen MR) is 127 cm³/mol. The molecule has 4 rings (SSSR count). The number of nitrogens with one attached hydrogen (secondary N) is 1. The topological polar surface area (TPSA) is 65.4 Å². The van der Waals surface area contributed by atoms with Gasteiger partial charge in [-0.1, -0.05) is 25.1 Å². The van der Waals surface area contributed by atoms with Crippen LogP contribution in [0.25, 0.3) is 0 Å². The van der Waals surface area contributed by atoms with E-state index in [2.05, 4.69) is 24.4 Å². The van der Waals surface area contributed by atoms with Gasteiger partial charge in [-0.3, -0.25) is 4.79 Å². The summed E-state index contributed by atoms with van der Waals surface area (Å²) in [5.41, 5.74) is 3.42. The molecule has 2 heterocycles. The Morgan fingerprint density at radius 1 is 1.27 bits per heavy atom. The molecule has 0 unspecified atom stereocenters. The second kappa shape index (κ2) is 9.93. The lowest BCUT2D eigenvalue weighted by molar-refractivity contribution is 0.0421. The highest BCUT2D eigenvalue weighted by Gasteiger charge is 2.38. The Morgan fingerprint density at radius 3 is 2.61 bits per heavy atom. The van der Waals surface area contributed by atoms with Crippen LogP contribution in [0.3, 0.4) is 0 Å². The summed E-state index contributed by atoms with van der Waals surface area (Å²) >= 11 is 0. The third-order valence-corrected chi connectivity index (χ3v) is 6.98. The molecule has 2 saturated heterocycles. The number of aryl methyl sites for hydroxylation is 2. The van der Waals surface area contributed by atoms with Gasteiger partial charge >= 0.3 is 0 Å². The van der Waals surface area contributed by atoms with E-state index in [4.69, 9.17) is 10.00 Å². The number of hydrogen-bond acceptors (Lipinski definition) is 4. The number of likely N-dealkylation sites (tertiary alicyclic amines) is 1. The zero-order chi connectivity index (χ0) is 23.4. The van der Waals surface area contributed by atoms with E-state index in [-0.39, 0.29) is 24.9 Å². The normalized spacial score (nSPS) is 19.8. The van der Waals surface area contributed by atoms with Crippen LogP contribution in [-0.2, 0) is 16.8 Å². The predicted octanol–water partition coefficient (Wildman–Crippen LogP) is 5.12. The molecule has 0 bridgehead atoms. The van der Waals surface area contributed by atoms with Gasteiger partial charge in [-0.15, -0.1) is 0 Å². The maximum absolute atomic E-state index is 15.6. The van der Waals surface area contributed by atoms with Gasteiger partial charge in [0.15, 0.2) is 0 Å². The number of halogens is 1. The molecule has 0 aromatic heterocycles. The molecule has 174 valence electrons. The zero-order valence-electron chi connectivity index (χ0n) is 19.5. The molecule has 2 aliphatic heterocycles. The third kappa shape index (κ3) is 5.04. The molecule has 5 nitrogen and oxygen atoms in total. The van der Waals surface area contributed by atoms with Crippen molar-refractivity contribution in [1.82, 2.24) is 4.90 Å². The summed E-state index contributed by atoms with van der Waals surface area (Å²) in [7, 11) is 0. The van der Waals surface area contributed by atoms with Crippen LogP contribution in [0.5, 0.6) is 0 Å². The van der Waals surface area contributed by atoms with Crippen molar-refractivity contribution in [2.24, 2.45) is 0 Å². The zero-order valence-corrected chi connectivity index (χ0v) is 19.5. The molecule has 2 aromatic rings. The standard InChI is InChI=1S/C27H32FN3O2/c1-3-21-15-19(2)24(16-25(21)30-18-23-5-4-14-33-23)26(32)31-12-10-27(28,11-13-31)22-8-6-20(17-29)7-9-22/h6-9,15-16,23,30H,3-5,10-14,18H2,1-2H3/t23-/m1/s1. The number of benzene rings is 2. The lowest BCUT2D eigenvalue weighted by atomic mass is 9.85. The first-order valence-corrected chi connectivity index (χ1v) is 11.9. The van der Waals surface area contributed by atoms with Crippen molar-refractivity contribution < 1.29 is 13.9 Å². The SMILES string of the molecule is CCc1cc(C)c(C(=O)N2CCC(F)(c3ccc(C#N)cc3)CC2)cc1NC[C@H]1CCCO1. The van der Waals surface area contributed by atoms with Crippen LogP contribution in [0.2, 0.25) is 0 Å². The number of anilines is 1. The van der Waals surface area contributed by atoms with Crippen LogP contribution >= 0.6 is 0 Å². The van der Waals surface area contributed by atoms with Gasteiger partial charge in [-0.25, -0.2) is 4.39 Å². The number of alkyl halides is 1. The average Bonchev–Trinajstić information content (AvgIpc) is 3.37. The van der Waals surface area contributed by atoms with Crippen LogP contribution < -0.4 is 5.32 Å². The molecule has 1 amide bonds. The van der Waals surface area contributed by atoms with Crippen LogP contribution in [0.15, 0.2) is 36.4 Å². The number of amides is 1. The van der Waals surface area contributed by atoms with Crippen LogP contribution in [0.4, 0.5) is 10.1 Å². The maximum Gasteiger partial charge on any atom is 0.254 e. The summed E-state index contributed by atoms with van der Waals surface area (Å²) in [6, 6.07) is 12.8. The van der Waals surface area contributed by atoms with Gasteiger partial charge in [0, 0.05) is 50.3 Å². The summed E-state index contributed by atoms with van der Waals surface area (Å²) in [6.45, 7) is 6.37. The largest absolute Gasteiger partial charge is 0.382 e. The molecule has 0 radical (unpaired) electrons. The fourth-order valence-electron chi connectivity index (χ4n) is 4.85. The summed E-state index contributed by atoms with van der Waals surface area (Å²) < 4.78 is 21.4. The van der Waals surface area contributed by atoms with E-state index in [0.717, 1.165) is 43.7 Å². The van der Waals surface area contributed by atoms with Crippen molar-refractivity contribution in [2.45, 2.75) is 57.7 Å². The Bertz CT molecular complexity index is 1030. The first kappa shape index (κ1) is 23.3. The number of hydrogen-bond donors (Lipinski definition) is 1. The first-order chi connectivity index (χ1) is 15.9. The Balaban J connectivity index is 1.46. The molecule has 2 fully saturated rings. The fourth-order valence-corrected chi connectivity index (χ4v) is 4.85. The number of carbonyl (C=O) groups excluding carboxylic acids is 1. The van der Waals surface area contributed by atoms with Crippen molar-refractivity contribution in [3.8, 4) is 6.07 Å². The van der Waals surface area contributed by atoms with Gasteiger partial charge in [0.1, 0.15) is 5.67 Å². The first-order valence-electron chi connectivity index (χ1n) is 11.9. The lowest BCUT2D eigenvalue weighted by Crippen LogP contribution is -2.43. The Kier molecular flexibility index (Phi) is 6.99. The van der Waals surface area contributed by atoms with Crippen molar-refractivity contribution in [3.63, 3.8) is 0 Å². The number of carbonyl (C=O) groups is 1. The van der Waals surface area contributed by atoms with Gasteiger partial charge < -0.3 is 15.0 Å². The molecular weight excluding hydrogens is 417 g/mol. The van der Waals surface area contributed by atoms with Crippen molar-refractivity contribution in [3.05, 3.63) is 64.2 Å². The minimum atomic E-state index is -1.47. The molecular formula is C27H32FN3O2. The molecule has 2 aliphatic rings. The number of ether oxygens (including phenoxy) is 1. The van der Waals surface area contributed by atoms with Gasteiger partial charge in [0.05, 0.1) is 17.7 Å². The molecule has 6 heteroatoms. The molecule has 33 heavy (non-hydrogen) atoms. The summed E-state index contributed by atoms with van der Waals surface area (Å²) in [4.78, 5) is 15.1. The monoisotopic (exact) mass is 449 g/mol. The number of nitrogens with zero attached hydrogens (tertiary/aromatic N) is 2. The minimum absolute atomic E-state index is 0.0443. The minimum Gasteiger partial charge on any atom is -0.382 e. The van der Waals surface area contributed by atoms with Gasteiger partial charge in [0.2, 0.25) is 0 Å². The van der Waals surface area contributed by atoms with Gasteiger partial charge in [-0.05, 0) is 61.1 Å². The van der Waals surface area contributed by atoms with E-state index in [0.29, 0.717) is 29.8 Å². The molecule has 2 aromatic carbocycles. The van der Waals surface area contributed by atoms with Gasteiger partial charge in [-0.2, -0.15) is 5.26 Å². The van der Waals surface area contributed by atoms with E-state index in [1.165, 1.54) is 5.56 Å². The van der Waals surface area contributed by atoms with Crippen LogP contribution in [-0.4, -0.2) is 43.2 Å². The number of nitriles is 1. The Hall–Kier alpha value is -2.91. The molecule has 1 N–H and O–H groups in total. The summed E-state index contributed by atoms with van der Waals surface area (Å²) in [5, 5.41) is 12.5. The highest BCUT2D eigenvalue weighted by Crippen LogP contribution is 2.37. The third-order valence-electron chi connectivity index (χ3n) is 6.98. The lowest BCUT2D eigenvalue weighted by Gasteiger charge is -2.37. The van der Waals surface area contributed by atoms with E-state index < -0.39 is 5.67 Å². The Labute approximate surface area is 195 Å². The quantitative estimate of drug-likeness (QED) is 0.665. The van der Waals surface area contributed by atoms with Crippen LogP contribution in [0.1, 0.15) is 65.2 Å². The second-order valence-electron chi connectivity index (χ2n) is 9.14. The molecule has 0 spiro atoms. The summed E-state index contributed by atoms with van der Waals surface area (Å²) in [5.74, 6) is -0.0443. The number of rotatable bonds is 6. The van der Waals surface area contributed by atoms with E-state index in [1.807, 2.05) is 13.0 Å². The van der Waals surface area contributed by atoms with Gasteiger partial charge in [0.25, 0.3) is 5.91 Å². The maximum atomic E-state index is 15.6. The highest BCUT2D eigenvalue weighted by atomic mass is 19.1. The van der Waals surface area contributed by atoms with Crippen molar-refractivity contribution in [1.29, 1.82) is 5.26 Å². The average molecular weight is 450 g/mol. The smallest absolute Gasteiger partial charge is 0.254 e. The fraction of sp³-hybridized carbons (Fsp3) is 0.481. The summed E-state index contributed by atoms with van der Waals surface area (Å²) in [6.07, 6.45) is 3.75. The van der Waals surface area contributed by atoms with E-state index in [1.54, 1.807) is 29.2 Å². The van der Waals surface area contributed by atoms with E-state index in [9.17, 15) is 4.79 Å². The molecule has 0 saturated carbocycles.